The van der Waals surface area contributed by atoms with Crippen molar-refractivity contribution in [1.29, 1.82) is 0 Å². The van der Waals surface area contributed by atoms with Gasteiger partial charge in [-0.25, -0.2) is 0 Å². The Morgan fingerprint density at radius 1 is 1.47 bits per heavy atom. The molecule has 4 N–H and O–H groups in total. The molecule has 17 heavy (non-hydrogen) atoms. The smallest absolute Gasteiger partial charge is 0.159 e. The number of carbonyl (C=O) groups excluding carboxylic acids is 1. The van der Waals surface area contributed by atoms with Gasteiger partial charge < -0.3 is 15.9 Å². The van der Waals surface area contributed by atoms with E-state index in [0.29, 0.717) is 11.1 Å². The van der Waals surface area contributed by atoms with Crippen LogP contribution in [0.3, 0.4) is 0 Å². The first kappa shape index (κ1) is 14.1. The number of ketones is 1. The molecule has 0 saturated carbocycles. The van der Waals surface area contributed by atoms with E-state index in [1.165, 1.54) is 13.0 Å². The molecule has 0 radical (unpaired) electrons. The first-order chi connectivity index (χ1) is 7.97. The zero-order valence-electron chi connectivity index (χ0n) is 9.56. The molecule has 0 aromatic heterocycles. The van der Waals surface area contributed by atoms with Gasteiger partial charge in [0.05, 0.1) is 6.10 Å². The Bertz CT molecular complexity index is 409. The third-order valence-electron chi connectivity index (χ3n) is 2.55. The minimum absolute atomic E-state index is 0.101. The number of benzene rings is 1. The van der Waals surface area contributed by atoms with Crippen molar-refractivity contribution >= 4 is 17.4 Å². The SMILES string of the molecule is CC(=O)c1ccc(C(O)C(O)CCN)c(Cl)c1. The van der Waals surface area contributed by atoms with Crippen LogP contribution in [0.2, 0.25) is 5.02 Å². The van der Waals surface area contributed by atoms with Crippen LogP contribution in [0.5, 0.6) is 0 Å². The van der Waals surface area contributed by atoms with E-state index in [1.54, 1.807) is 12.1 Å². The molecule has 0 aliphatic heterocycles. The van der Waals surface area contributed by atoms with Gasteiger partial charge in [0.1, 0.15) is 6.10 Å². The molecule has 4 nitrogen and oxygen atoms in total. The highest BCUT2D eigenvalue weighted by Gasteiger charge is 2.20. The number of aliphatic hydroxyl groups excluding tert-OH is 2. The molecule has 0 spiro atoms. The molecule has 5 heteroatoms. The third-order valence-corrected chi connectivity index (χ3v) is 2.88. The van der Waals surface area contributed by atoms with Gasteiger partial charge in [0.25, 0.3) is 0 Å². The summed E-state index contributed by atoms with van der Waals surface area (Å²) >= 11 is 5.96. The van der Waals surface area contributed by atoms with E-state index >= 15 is 0 Å². The van der Waals surface area contributed by atoms with Crippen molar-refractivity contribution in [1.82, 2.24) is 0 Å². The first-order valence-electron chi connectivity index (χ1n) is 5.34. The number of hydrogen-bond donors (Lipinski definition) is 3. The second-order valence-corrected chi connectivity index (χ2v) is 4.29. The van der Waals surface area contributed by atoms with Crippen molar-refractivity contribution in [3.63, 3.8) is 0 Å². The number of nitrogens with two attached hydrogens (primary N) is 1. The normalized spacial score (nSPS) is 14.4. The molecule has 1 aromatic carbocycles. The third kappa shape index (κ3) is 3.51. The van der Waals surface area contributed by atoms with Crippen LogP contribution in [0.1, 0.15) is 35.4 Å². The van der Waals surface area contributed by atoms with Crippen LogP contribution in [-0.4, -0.2) is 28.6 Å². The van der Waals surface area contributed by atoms with Gasteiger partial charge in [-0.15, -0.1) is 0 Å². The van der Waals surface area contributed by atoms with Crippen molar-refractivity contribution in [2.45, 2.75) is 25.6 Å². The summed E-state index contributed by atoms with van der Waals surface area (Å²) in [5, 5.41) is 19.7. The molecule has 0 fully saturated rings. The number of aliphatic hydroxyl groups is 2. The lowest BCUT2D eigenvalue weighted by molar-refractivity contribution is 0.0151. The molecule has 0 aliphatic rings. The molecule has 0 heterocycles. The molecular formula is C12H16ClNO3. The molecule has 0 aliphatic carbocycles. The van der Waals surface area contributed by atoms with E-state index in [1.807, 2.05) is 0 Å². The molecule has 1 rings (SSSR count). The van der Waals surface area contributed by atoms with Crippen LogP contribution in [0.25, 0.3) is 0 Å². The van der Waals surface area contributed by atoms with Gasteiger partial charge in [0.2, 0.25) is 0 Å². The molecule has 2 unspecified atom stereocenters. The van der Waals surface area contributed by atoms with Gasteiger partial charge in [0, 0.05) is 16.1 Å². The predicted molar refractivity (Wildman–Crippen MR) is 66.1 cm³/mol. The maximum atomic E-state index is 11.1. The van der Waals surface area contributed by atoms with E-state index < -0.39 is 12.2 Å². The van der Waals surface area contributed by atoms with Gasteiger partial charge in [-0.05, 0) is 26.0 Å². The maximum absolute atomic E-state index is 11.1. The largest absolute Gasteiger partial charge is 0.390 e. The fourth-order valence-corrected chi connectivity index (χ4v) is 1.81. The van der Waals surface area contributed by atoms with E-state index in [2.05, 4.69) is 0 Å². The molecule has 1 aromatic rings. The fraction of sp³-hybridized carbons (Fsp3) is 0.417. The van der Waals surface area contributed by atoms with Crippen molar-refractivity contribution in [3.05, 3.63) is 34.3 Å². The highest BCUT2D eigenvalue weighted by Crippen LogP contribution is 2.27. The summed E-state index contributed by atoms with van der Waals surface area (Å²) in [5.41, 5.74) is 6.17. The lowest BCUT2D eigenvalue weighted by Crippen LogP contribution is -2.22. The standard InChI is InChI=1S/C12H16ClNO3/c1-7(15)8-2-3-9(10(13)6-8)12(17)11(16)4-5-14/h2-3,6,11-12,16-17H,4-5,14H2,1H3. The second kappa shape index (κ2) is 6.12. The maximum Gasteiger partial charge on any atom is 0.159 e. The van der Waals surface area contributed by atoms with Gasteiger partial charge in [0.15, 0.2) is 5.78 Å². The summed E-state index contributed by atoms with van der Waals surface area (Å²) in [5.74, 6) is -0.101. The van der Waals surface area contributed by atoms with Crippen LogP contribution >= 0.6 is 11.6 Å². The van der Waals surface area contributed by atoms with Crippen LogP contribution in [-0.2, 0) is 0 Å². The number of hydrogen-bond acceptors (Lipinski definition) is 4. The van der Waals surface area contributed by atoms with Gasteiger partial charge in [-0.2, -0.15) is 0 Å². The first-order valence-corrected chi connectivity index (χ1v) is 5.71. The van der Waals surface area contributed by atoms with Gasteiger partial charge in [-0.1, -0.05) is 23.7 Å². The Morgan fingerprint density at radius 2 is 2.12 bits per heavy atom. The molecule has 2 atom stereocenters. The summed E-state index contributed by atoms with van der Waals surface area (Å²) in [6.45, 7) is 1.71. The Hall–Kier alpha value is -0.940. The Kier molecular flexibility index (Phi) is 5.08. The van der Waals surface area contributed by atoms with E-state index in [4.69, 9.17) is 17.3 Å². The molecule has 0 amide bonds. The van der Waals surface area contributed by atoms with Crippen molar-refractivity contribution in [2.24, 2.45) is 5.73 Å². The molecular weight excluding hydrogens is 242 g/mol. The lowest BCUT2D eigenvalue weighted by atomic mass is 10.00. The quantitative estimate of drug-likeness (QED) is 0.694. The Labute approximate surface area is 105 Å². The average Bonchev–Trinajstić information content (AvgIpc) is 2.28. The monoisotopic (exact) mass is 257 g/mol. The van der Waals surface area contributed by atoms with E-state index in [-0.39, 0.29) is 23.8 Å². The number of halogens is 1. The topological polar surface area (TPSA) is 83.5 Å². The van der Waals surface area contributed by atoms with Crippen molar-refractivity contribution in [3.8, 4) is 0 Å². The summed E-state index contributed by atoms with van der Waals surface area (Å²) in [6.07, 6.45) is -1.76. The Morgan fingerprint density at radius 3 is 2.59 bits per heavy atom. The zero-order chi connectivity index (χ0) is 13.0. The summed E-state index contributed by atoms with van der Waals surface area (Å²) < 4.78 is 0. The fourth-order valence-electron chi connectivity index (χ4n) is 1.52. The zero-order valence-corrected chi connectivity index (χ0v) is 10.3. The highest BCUT2D eigenvalue weighted by molar-refractivity contribution is 6.31. The second-order valence-electron chi connectivity index (χ2n) is 3.88. The van der Waals surface area contributed by atoms with Crippen LogP contribution in [0.15, 0.2) is 18.2 Å². The minimum atomic E-state index is -1.09. The number of Topliss-reactive ketones (excluding diaryl/α,β-unsaturated/α-hetero) is 1. The van der Waals surface area contributed by atoms with Gasteiger partial charge in [-0.3, -0.25) is 4.79 Å². The van der Waals surface area contributed by atoms with Gasteiger partial charge >= 0.3 is 0 Å². The number of carbonyl (C=O) groups is 1. The lowest BCUT2D eigenvalue weighted by Gasteiger charge is -2.18. The van der Waals surface area contributed by atoms with Crippen molar-refractivity contribution in [2.75, 3.05) is 6.54 Å². The average molecular weight is 258 g/mol. The van der Waals surface area contributed by atoms with Crippen LogP contribution in [0.4, 0.5) is 0 Å². The highest BCUT2D eigenvalue weighted by atomic mass is 35.5. The summed E-state index contributed by atoms with van der Waals surface area (Å²) in [7, 11) is 0. The molecule has 0 saturated heterocycles. The van der Waals surface area contributed by atoms with Crippen LogP contribution < -0.4 is 5.73 Å². The molecule has 0 bridgehead atoms. The molecule has 94 valence electrons. The van der Waals surface area contributed by atoms with Crippen molar-refractivity contribution < 1.29 is 15.0 Å². The minimum Gasteiger partial charge on any atom is -0.390 e. The number of rotatable bonds is 5. The van der Waals surface area contributed by atoms with Crippen LogP contribution in [0, 0.1) is 0 Å². The van der Waals surface area contributed by atoms with E-state index in [0.717, 1.165) is 0 Å². The predicted octanol–water partition coefficient (Wildman–Crippen LogP) is 1.29. The Balaban J connectivity index is 2.95. The van der Waals surface area contributed by atoms with E-state index in [9.17, 15) is 15.0 Å². The summed E-state index contributed by atoms with van der Waals surface area (Å²) in [6, 6.07) is 4.60. The summed E-state index contributed by atoms with van der Waals surface area (Å²) in [4.78, 5) is 11.1.